The van der Waals surface area contributed by atoms with E-state index in [2.05, 4.69) is 5.32 Å². The van der Waals surface area contributed by atoms with Gasteiger partial charge in [-0.3, -0.25) is 0 Å². The van der Waals surface area contributed by atoms with Gasteiger partial charge in [-0.05, 0) is 51.6 Å². The van der Waals surface area contributed by atoms with Crippen LogP contribution in [0.4, 0.5) is 14.9 Å². The molecule has 0 bridgehead atoms. The Morgan fingerprint density at radius 2 is 2.17 bits per heavy atom. The second kappa shape index (κ2) is 8.65. The number of aryl methyl sites for hydroxylation is 1. The summed E-state index contributed by atoms with van der Waals surface area (Å²) >= 11 is 6.04. The van der Waals surface area contributed by atoms with Crippen LogP contribution in [0.25, 0.3) is 0 Å². The third-order valence-corrected chi connectivity index (χ3v) is 4.35. The first kappa shape index (κ1) is 19.0. The van der Waals surface area contributed by atoms with Crippen LogP contribution >= 0.6 is 11.6 Å². The Bertz CT molecular complexity index is 577. The van der Waals surface area contributed by atoms with E-state index in [9.17, 15) is 9.18 Å². The van der Waals surface area contributed by atoms with E-state index in [1.807, 2.05) is 19.0 Å². The van der Waals surface area contributed by atoms with Gasteiger partial charge in [-0.15, -0.1) is 0 Å². The number of ether oxygens (including phenoxy) is 1. The minimum absolute atomic E-state index is 0.0725. The second-order valence-electron chi connectivity index (χ2n) is 6.40. The van der Waals surface area contributed by atoms with Crippen LogP contribution in [0.3, 0.4) is 0 Å². The molecule has 0 spiro atoms. The molecule has 1 aliphatic heterocycles. The lowest BCUT2D eigenvalue weighted by atomic mass is 10.2. The van der Waals surface area contributed by atoms with Crippen LogP contribution in [0.15, 0.2) is 12.1 Å². The number of rotatable bonds is 6. The van der Waals surface area contributed by atoms with Crippen molar-refractivity contribution in [1.82, 2.24) is 9.80 Å². The van der Waals surface area contributed by atoms with E-state index < -0.39 is 0 Å². The van der Waals surface area contributed by atoms with E-state index in [4.69, 9.17) is 16.3 Å². The normalized spacial score (nSPS) is 17.3. The largest absolute Gasteiger partial charge is 0.376 e. The standard InChI is InChI=1S/C17H25ClFN3O2/c1-12-9-16(14(18)10-15(12)19)20-17(23)22(7-6-21(2)3)11-13-5-4-8-24-13/h9-10,13H,4-8,11H2,1-3H3,(H,20,23)/t13-/m1/s1. The lowest BCUT2D eigenvalue weighted by Crippen LogP contribution is -2.43. The fourth-order valence-corrected chi connectivity index (χ4v) is 2.78. The molecule has 0 saturated carbocycles. The summed E-state index contributed by atoms with van der Waals surface area (Å²) < 4.78 is 19.1. The molecule has 1 aromatic rings. The van der Waals surface area contributed by atoms with Crippen LogP contribution in [-0.4, -0.2) is 62.3 Å². The molecule has 0 radical (unpaired) electrons. The summed E-state index contributed by atoms with van der Waals surface area (Å²) in [4.78, 5) is 16.4. The number of halogens is 2. The van der Waals surface area contributed by atoms with Crippen LogP contribution in [0, 0.1) is 12.7 Å². The minimum Gasteiger partial charge on any atom is -0.376 e. The molecule has 1 N–H and O–H groups in total. The molecule has 1 saturated heterocycles. The smallest absolute Gasteiger partial charge is 0.322 e. The van der Waals surface area contributed by atoms with Crippen LogP contribution in [0.2, 0.25) is 5.02 Å². The van der Waals surface area contributed by atoms with Crippen LogP contribution in [0.1, 0.15) is 18.4 Å². The van der Waals surface area contributed by atoms with E-state index in [1.54, 1.807) is 17.9 Å². The number of carbonyl (C=O) groups is 1. The number of amides is 2. The summed E-state index contributed by atoms with van der Waals surface area (Å²) in [5, 5.41) is 2.98. The third-order valence-electron chi connectivity index (χ3n) is 4.04. The number of nitrogens with one attached hydrogen (secondary N) is 1. The molecule has 1 heterocycles. The minimum atomic E-state index is -0.387. The molecule has 5 nitrogen and oxygen atoms in total. The first-order valence-electron chi connectivity index (χ1n) is 8.14. The van der Waals surface area contributed by atoms with Gasteiger partial charge in [0.2, 0.25) is 0 Å². The molecular formula is C17H25ClFN3O2. The Morgan fingerprint density at radius 3 is 2.79 bits per heavy atom. The highest BCUT2D eigenvalue weighted by molar-refractivity contribution is 6.33. The van der Waals surface area contributed by atoms with Crippen molar-refractivity contribution in [3.63, 3.8) is 0 Å². The summed E-state index contributed by atoms with van der Waals surface area (Å²) in [7, 11) is 3.92. The van der Waals surface area contributed by atoms with Crippen molar-refractivity contribution in [2.45, 2.75) is 25.9 Å². The summed E-state index contributed by atoms with van der Waals surface area (Å²) in [5.74, 6) is -0.387. The van der Waals surface area contributed by atoms with Crippen LogP contribution in [0.5, 0.6) is 0 Å². The number of benzene rings is 1. The molecule has 7 heteroatoms. The molecule has 0 aliphatic carbocycles. The number of nitrogens with zero attached hydrogens (tertiary/aromatic N) is 2. The fraction of sp³-hybridized carbons (Fsp3) is 0.588. The molecule has 1 aromatic carbocycles. The average molecular weight is 358 g/mol. The summed E-state index contributed by atoms with van der Waals surface area (Å²) in [6.45, 7) is 4.25. The van der Waals surface area contributed by atoms with Gasteiger partial charge in [-0.1, -0.05) is 11.6 Å². The topological polar surface area (TPSA) is 44.8 Å². The van der Waals surface area contributed by atoms with Gasteiger partial charge in [0, 0.05) is 26.2 Å². The molecule has 2 amide bonds. The SMILES string of the molecule is Cc1cc(NC(=O)N(CCN(C)C)C[C@H]2CCCO2)c(Cl)cc1F. The zero-order valence-corrected chi connectivity index (χ0v) is 15.2. The lowest BCUT2D eigenvalue weighted by Gasteiger charge is -2.27. The van der Waals surface area contributed by atoms with Crippen molar-refractivity contribution in [1.29, 1.82) is 0 Å². The maximum Gasteiger partial charge on any atom is 0.322 e. The predicted octanol–water partition coefficient (Wildman–Crippen LogP) is 3.36. The number of hydrogen-bond donors (Lipinski definition) is 1. The van der Waals surface area contributed by atoms with Crippen molar-refractivity contribution in [3.8, 4) is 0 Å². The van der Waals surface area contributed by atoms with Gasteiger partial charge in [0.15, 0.2) is 0 Å². The molecular weight excluding hydrogens is 333 g/mol. The predicted molar refractivity (Wildman–Crippen MR) is 94.3 cm³/mol. The van der Waals surface area contributed by atoms with Gasteiger partial charge in [0.25, 0.3) is 0 Å². The van der Waals surface area contributed by atoms with Crippen LogP contribution in [-0.2, 0) is 4.74 Å². The molecule has 134 valence electrons. The Balaban J connectivity index is 2.06. The van der Waals surface area contributed by atoms with Crippen molar-refractivity contribution >= 4 is 23.3 Å². The number of likely N-dealkylation sites (N-methyl/N-ethyl adjacent to an activating group) is 1. The quantitative estimate of drug-likeness (QED) is 0.849. The van der Waals surface area contributed by atoms with Crippen molar-refractivity contribution in [2.75, 3.05) is 45.7 Å². The van der Waals surface area contributed by atoms with Gasteiger partial charge >= 0.3 is 6.03 Å². The number of anilines is 1. The zero-order chi connectivity index (χ0) is 17.7. The fourth-order valence-electron chi connectivity index (χ4n) is 2.58. The summed E-state index contributed by atoms with van der Waals surface area (Å²) in [6, 6.07) is 2.52. The van der Waals surface area contributed by atoms with Gasteiger partial charge in [-0.2, -0.15) is 0 Å². The Kier molecular flexibility index (Phi) is 6.83. The van der Waals surface area contributed by atoms with E-state index in [0.29, 0.717) is 24.3 Å². The van der Waals surface area contributed by atoms with Crippen molar-refractivity contribution in [2.24, 2.45) is 0 Å². The van der Waals surface area contributed by atoms with Crippen molar-refractivity contribution < 1.29 is 13.9 Å². The molecule has 0 unspecified atom stereocenters. The highest BCUT2D eigenvalue weighted by atomic mass is 35.5. The number of carbonyl (C=O) groups excluding carboxylic acids is 1. The monoisotopic (exact) mass is 357 g/mol. The van der Waals surface area contributed by atoms with E-state index in [1.165, 1.54) is 6.07 Å². The molecule has 0 aromatic heterocycles. The maximum absolute atomic E-state index is 13.5. The maximum atomic E-state index is 13.5. The molecule has 1 fully saturated rings. The molecule has 1 aliphatic rings. The second-order valence-corrected chi connectivity index (χ2v) is 6.80. The average Bonchev–Trinajstić information content (AvgIpc) is 3.01. The van der Waals surface area contributed by atoms with Gasteiger partial charge < -0.3 is 19.9 Å². The van der Waals surface area contributed by atoms with Crippen molar-refractivity contribution in [3.05, 3.63) is 28.5 Å². The van der Waals surface area contributed by atoms with Gasteiger partial charge in [-0.25, -0.2) is 9.18 Å². The Labute approximate surface area is 147 Å². The molecule has 1 atom stereocenters. The highest BCUT2D eigenvalue weighted by Gasteiger charge is 2.23. The first-order valence-corrected chi connectivity index (χ1v) is 8.52. The Morgan fingerprint density at radius 1 is 1.42 bits per heavy atom. The van der Waals surface area contributed by atoms with E-state index >= 15 is 0 Å². The van der Waals surface area contributed by atoms with E-state index in [-0.39, 0.29) is 23.0 Å². The first-order chi connectivity index (χ1) is 11.4. The number of hydrogen-bond acceptors (Lipinski definition) is 3. The van der Waals surface area contributed by atoms with Gasteiger partial charge in [0.05, 0.1) is 16.8 Å². The summed E-state index contributed by atoms with van der Waals surface area (Å²) in [5.41, 5.74) is 0.858. The zero-order valence-electron chi connectivity index (χ0n) is 14.4. The van der Waals surface area contributed by atoms with Crippen LogP contribution < -0.4 is 5.32 Å². The number of urea groups is 1. The lowest BCUT2D eigenvalue weighted by molar-refractivity contribution is 0.0820. The van der Waals surface area contributed by atoms with E-state index in [0.717, 1.165) is 26.0 Å². The highest BCUT2D eigenvalue weighted by Crippen LogP contribution is 2.25. The Hall–Kier alpha value is -1.37. The molecule has 2 rings (SSSR count). The molecule has 24 heavy (non-hydrogen) atoms. The third kappa shape index (κ3) is 5.33. The van der Waals surface area contributed by atoms with Gasteiger partial charge in [0.1, 0.15) is 5.82 Å². The summed E-state index contributed by atoms with van der Waals surface area (Å²) in [6.07, 6.45) is 2.06.